The smallest absolute Gasteiger partial charge is 0.547 e. The van der Waals surface area contributed by atoms with Gasteiger partial charge >= 0.3 is 59.5 Å². The average molecular weight is 532 g/mol. The van der Waals surface area contributed by atoms with Crippen LogP contribution in [0.15, 0.2) is 0 Å². The minimum atomic E-state index is -2.44. The summed E-state index contributed by atoms with van der Waals surface area (Å²) in [4.78, 5) is 57.8. The van der Waals surface area contributed by atoms with Crippen molar-refractivity contribution in [2.75, 3.05) is 0 Å². The maximum Gasteiger partial charge on any atom is 4.00 e. The first kappa shape index (κ1) is 40.9. The van der Waals surface area contributed by atoms with Crippen LogP contribution < -0.4 is 30.6 Å². The van der Waals surface area contributed by atoms with Gasteiger partial charge in [0.15, 0.2) is 0 Å². The van der Waals surface area contributed by atoms with Crippen LogP contribution in [-0.2, 0) is 50.5 Å². The van der Waals surface area contributed by atoms with Crippen molar-refractivity contribution in [3.05, 3.63) is 0 Å². The maximum atomic E-state index is 9.63. The Kier molecular flexibility index (Phi) is 25.8. The van der Waals surface area contributed by atoms with Gasteiger partial charge in [-0.05, 0) is 0 Å². The number of aliphatic hydroxyl groups is 6. The monoisotopic (exact) mass is 532 g/mol. The van der Waals surface area contributed by atoms with Crippen LogP contribution in [0, 0.1) is 0 Å². The molecule has 0 radical (unpaired) electrons. The van der Waals surface area contributed by atoms with Crippen molar-refractivity contribution in [1.29, 1.82) is 0 Å². The van der Waals surface area contributed by atoms with Crippen LogP contribution in [0.25, 0.3) is 0 Å². The van der Waals surface area contributed by atoms with Crippen molar-refractivity contribution >= 4 is 73.6 Å². The third-order valence-corrected chi connectivity index (χ3v) is 2.35. The van der Waals surface area contributed by atoms with Crippen molar-refractivity contribution in [3.63, 3.8) is 0 Å². The fourth-order valence-electron chi connectivity index (χ4n) is 0.773. The van der Waals surface area contributed by atoms with Gasteiger partial charge in [-0.1, -0.05) is 0 Å². The molecule has 0 rings (SSSR count). The summed E-state index contributed by atoms with van der Waals surface area (Å²) < 4.78 is 0. The SMILES string of the molecule is O=C([O-])C(O)C(O)C(=O)[O-].O=C([O-])C(O)C(O)C(=O)[O-].O=C([O-])C(O)C(O)C(=O)[O-].[Ca+2].[Ti+4]. The summed E-state index contributed by atoms with van der Waals surface area (Å²) in [5.74, 6) is -12.4. The van der Waals surface area contributed by atoms with Crippen molar-refractivity contribution < 1.29 is 112 Å². The van der Waals surface area contributed by atoms with E-state index in [1.165, 1.54) is 0 Å². The van der Waals surface area contributed by atoms with Gasteiger partial charge in [0.1, 0.15) is 36.6 Å². The minimum absolute atomic E-state index is 0. The normalized spacial score (nSPS) is 14.8. The quantitative estimate of drug-likeness (QED) is 0.150. The predicted octanol–water partition coefficient (Wildman–Crippen LogP) is -14.8. The van der Waals surface area contributed by atoms with Crippen LogP contribution >= 0.6 is 0 Å². The van der Waals surface area contributed by atoms with E-state index in [-0.39, 0.29) is 59.5 Å². The third-order valence-electron chi connectivity index (χ3n) is 2.35. The van der Waals surface area contributed by atoms with Crippen molar-refractivity contribution in [2.24, 2.45) is 0 Å². The first-order valence-electron chi connectivity index (χ1n) is 6.73. The largest absolute Gasteiger partial charge is 4.00 e. The fourth-order valence-corrected chi connectivity index (χ4v) is 0.773. The van der Waals surface area contributed by atoms with Gasteiger partial charge in [-0.2, -0.15) is 0 Å². The number of hydrogen-bond donors (Lipinski definition) is 6. The van der Waals surface area contributed by atoms with Crippen molar-refractivity contribution in [2.45, 2.75) is 36.6 Å². The second kappa shape index (κ2) is 20.2. The molecular formula is C12H12CaO18Ti. The molecule has 6 unspecified atom stereocenters. The molecular weight excluding hydrogens is 520 g/mol. The zero-order valence-corrected chi connectivity index (χ0v) is 19.0. The molecule has 0 aromatic heterocycles. The van der Waals surface area contributed by atoms with Crippen molar-refractivity contribution in [1.82, 2.24) is 0 Å². The van der Waals surface area contributed by atoms with Gasteiger partial charge in [0, 0.05) is 0 Å². The maximum absolute atomic E-state index is 9.63. The Morgan fingerprint density at radius 1 is 0.375 bits per heavy atom. The zero-order chi connectivity index (χ0) is 24.9. The number of rotatable bonds is 9. The van der Waals surface area contributed by atoms with E-state index in [9.17, 15) is 59.4 Å². The summed E-state index contributed by atoms with van der Waals surface area (Å²) in [6.07, 6.45) is -14.6. The number of carbonyl (C=O) groups excluding carboxylic acids is 6. The first-order chi connectivity index (χ1) is 13.4. The molecule has 0 fully saturated rings. The number of hydrogen-bond acceptors (Lipinski definition) is 18. The zero-order valence-electron chi connectivity index (χ0n) is 15.3. The summed E-state index contributed by atoms with van der Waals surface area (Å²) >= 11 is 0. The molecule has 20 heteroatoms. The van der Waals surface area contributed by atoms with Gasteiger partial charge in [-0.25, -0.2) is 0 Å². The minimum Gasteiger partial charge on any atom is -0.547 e. The molecule has 0 aliphatic carbocycles. The summed E-state index contributed by atoms with van der Waals surface area (Å²) in [5.41, 5.74) is 0. The van der Waals surface area contributed by atoms with Crippen molar-refractivity contribution in [3.8, 4) is 0 Å². The topological polar surface area (TPSA) is 362 Å². The number of carboxylic acid groups (broad SMARTS) is 6. The molecule has 0 amide bonds. The Morgan fingerprint density at radius 3 is 0.469 bits per heavy atom. The molecule has 0 saturated heterocycles. The van der Waals surface area contributed by atoms with E-state index in [1.54, 1.807) is 0 Å². The van der Waals surface area contributed by atoms with Crippen LogP contribution in [-0.4, -0.2) is 141 Å². The van der Waals surface area contributed by atoms with Gasteiger partial charge in [-0.15, -0.1) is 0 Å². The van der Waals surface area contributed by atoms with E-state index >= 15 is 0 Å². The Labute approximate surface area is 220 Å². The van der Waals surface area contributed by atoms with Gasteiger partial charge < -0.3 is 90.0 Å². The number of aliphatic carboxylic acids is 6. The molecule has 0 saturated carbocycles. The molecule has 0 aromatic rings. The van der Waals surface area contributed by atoms with Crippen LogP contribution in [0.3, 0.4) is 0 Å². The van der Waals surface area contributed by atoms with Crippen LogP contribution in [0.2, 0.25) is 0 Å². The molecule has 0 aromatic carbocycles. The molecule has 32 heavy (non-hydrogen) atoms. The predicted molar refractivity (Wildman–Crippen MR) is 71.8 cm³/mol. The molecule has 18 nitrogen and oxygen atoms in total. The number of aliphatic hydroxyl groups excluding tert-OH is 6. The molecule has 0 bridgehead atoms. The molecule has 0 heterocycles. The van der Waals surface area contributed by atoms with Crippen LogP contribution in [0.5, 0.6) is 0 Å². The summed E-state index contributed by atoms with van der Waals surface area (Å²) in [6.45, 7) is 0. The van der Waals surface area contributed by atoms with Gasteiger partial charge in [0.05, 0.1) is 35.8 Å². The summed E-state index contributed by atoms with van der Waals surface area (Å²) in [6, 6.07) is 0. The van der Waals surface area contributed by atoms with Gasteiger partial charge in [-0.3, -0.25) is 0 Å². The standard InChI is InChI=1S/3C4H6O6.Ca.Ti/c3*5-1(3(7)8)2(6)4(9)10;;/h3*1-2,5-6H,(H,7,8)(H,9,10);;/q;;;+2;+4/p-6. The Morgan fingerprint density at radius 2 is 0.438 bits per heavy atom. The number of carbonyl (C=O) groups is 6. The second-order valence-corrected chi connectivity index (χ2v) is 4.58. The second-order valence-electron chi connectivity index (χ2n) is 4.58. The summed E-state index contributed by atoms with van der Waals surface area (Å²) in [7, 11) is 0. The summed E-state index contributed by atoms with van der Waals surface area (Å²) in [5, 5.41) is 107. The van der Waals surface area contributed by atoms with E-state index in [4.69, 9.17) is 30.6 Å². The molecule has 6 N–H and O–H groups in total. The third kappa shape index (κ3) is 18.2. The Hall–Kier alpha value is -1.45. The van der Waals surface area contributed by atoms with Crippen LogP contribution in [0.4, 0.5) is 0 Å². The molecule has 0 aliphatic heterocycles. The van der Waals surface area contributed by atoms with E-state index in [0.717, 1.165) is 0 Å². The van der Waals surface area contributed by atoms with E-state index < -0.39 is 72.4 Å². The number of carboxylic acids is 6. The average Bonchev–Trinajstić information content (AvgIpc) is 2.64. The Bertz CT molecular complexity index is 500. The molecule has 0 spiro atoms. The first-order valence-corrected chi connectivity index (χ1v) is 6.73. The van der Waals surface area contributed by atoms with Crippen LogP contribution in [0.1, 0.15) is 0 Å². The molecule has 6 atom stereocenters. The van der Waals surface area contributed by atoms with E-state index in [0.29, 0.717) is 0 Å². The Balaban J connectivity index is -0.000000110. The molecule has 174 valence electrons. The molecule has 0 aliphatic rings. The van der Waals surface area contributed by atoms with Gasteiger partial charge in [0.25, 0.3) is 0 Å². The van der Waals surface area contributed by atoms with E-state index in [1.807, 2.05) is 0 Å². The van der Waals surface area contributed by atoms with Gasteiger partial charge in [0.2, 0.25) is 0 Å². The fraction of sp³-hybridized carbons (Fsp3) is 0.500. The van der Waals surface area contributed by atoms with E-state index in [2.05, 4.69) is 0 Å².